The van der Waals surface area contributed by atoms with Crippen molar-refractivity contribution in [2.24, 2.45) is 16.5 Å². The first-order valence-electron chi connectivity index (χ1n) is 22.5. The molecule has 1 aliphatic heterocycles. The Morgan fingerprint density at radius 3 is 2.03 bits per heavy atom. The number of nitrogens with two attached hydrogens (primary N) is 2. The number of carboxylic acids is 2. The second kappa shape index (κ2) is 31.0. The predicted octanol–water partition coefficient (Wildman–Crippen LogP) is 1.71. The van der Waals surface area contributed by atoms with Crippen molar-refractivity contribution >= 4 is 63.7 Å². The van der Waals surface area contributed by atoms with Crippen molar-refractivity contribution in [2.75, 3.05) is 150 Å². The topological polar surface area (TPSA) is 270 Å². The van der Waals surface area contributed by atoms with Crippen molar-refractivity contribution in [1.82, 2.24) is 30.0 Å². The van der Waals surface area contributed by atoms with Gasteiger partial charge in [-0.2, -0.15) is 4.99 Å². The van der Waals surface area contributed by atoms with Gasteiger partial charge in [0.1, 0.15) is 5.78 Å². The molecule has 370 valence electrons. The van der Waals surface area contributed by atoms with Crippen LogP contribution in [0.1, 0.15) is 25.7 Å². The number of rotatable bonds is 35. The second-order valence-corrected chi connectivity index (χ2v) is 16.3. The third-order valence-electron chi connectivity index (χ3n) is 10.4. The maximum absolute atomic E-state index is 12.2. The van der Waals surface area contributed by atoms with Crippen molar-refractivity contribution < 1.29 is 53.1 Å². The number of nitrogens with one attached hydrogen (secondary N) is 1. The minimum atomic E-state index is -1.08. The number of likely N-dealkylation sites (N-methyl/N-ethyl adjacent to an activating group) is 1. The highest BCUT2D eigenvalue weighted by molar-refractivity contribution is 6.31. The van der Waals surface area contributed by atoms with Gasteiger partial charge >= 0.3 is 11.9 Å². The van der Waals surface area contributed by atoms with E-state index in [4.69, 9.17) is 57.0 Å². The molecule has 0 unspecified atom stereocenters. The van der Waals surface area contributed by atoms with Crippen LogP contribution in [0.5, 0.6) is 0 Å². The summed E-state index contributed by atoms with van der Waals surface area (Å²) in [4.78, 5) is 67.3. The number of aliphatic carboxylic acids is 2. The molecule has 0 bridgehead atoms. The summed E-state index contributed by atoms with van der Waals surface area (Å²) in [5.74, 6) is -2.19. The normalized spacial score (nSPS) is 13.1. The molecule has 7 N–H and O–H groups in total. The molecule has 3 aromatic rings. The van der Waals surface area contributed by atoms with Crippen LogP contribution in [0.2, 0.25) is 5.02 Å². The zero-order chi connectivity index (χ0) is 48.2. The summed E-state index contributed by atoms with van der Waals surface area (Å²) in [6, 6.07) is 13.7. The highest BCUT2D eigenvalue weighted by atomic mass is 35.5. The van der Waals surface area contributed by atoms with Crippen LogP contribution in [-0.4, -0.2) is 210 Å². The van der Waals surface area contributed by atoms with Gasteiger partial charge < -0.3 is 55.6 Å². The molecular formula is C45H67ClN10O11. The number of piperazine rings is 1. The quantitative estimate of drug-likeness (QED) is 0.0319. The Morgan fingerprint density at radius 2 is 1.39 bits per heavy atom. The molecule has 1 saturated heterocycles. The molecule has 0 saturated carbocycles. The molecule has 1 aromatic heterocycles. The van der Waals surface area contributed by atoms with E-state index in [0.29, 0.717) is 108 Å². The lowest BCUT2D eigenvalue weighted by atomic mass is 10.1. The van der Waals surface area contributed by atoms with E-state index in [1.54, 1.807) is 13.1 Å². The highest BCUT2D eigenvalue weighted by Gasteiger charge is 2.19. The summed E-state index contributed by atoms with van der Waals surface area (Å²) in [6.07, 6.45) is 2.14. The van der Waals surface area contributed by atoms with E-state index in [2.05, 4.69) is 42.2 Å². The Kier molecular flexibility index (Phi) is 25.3. The predicted molar refractivity (Wildman–Crippen MR) is 254 cm³/mol. The molecule has 4 rings (SSSR count). The Balaban J connectivity index is 0.927. The van der Waals surface area contributed by atoms with E-state index < -0.39 is 11.9 Å². The van der Waals surface area contributed by atoms with E-state index in [9.17, 15) is 19.2 Å². The zero-order valence-corrected chi connectivity index (χ0v) is 39.2. The molecule has 2 aromatic carbocycles. The molecular weight excluding hydrogens is 892 g/mol. The SMILES string of the molecule is CN(CCN(CC(=O)O)CC(=O)NCCOCCOCCCC(=O)CCCOCCOCCOCCN1CCN(c2cccc(-c3nc(N=C(N)N)nc4ccc(Cl)cc34)c2)CC1)CC(=O)O. The highest BCUT2D eigenvalue weighted by Crippen LogP contribution is 2.32. The van der Waals surface area contributed by atoms with Crippen LogP contribution < -0.4 is 21.7 Å². The van der Waals surface area contributed by atoms with Crippen LogP contribution in [0.25, 0.3) is 22.2 Å². The number of carbonyl (C=O) groups is 4. The van der Waals surface area contributed by atoms with Gasteiger partial charge in [0.15, 0.2) is 5.96 Å². The Morgan fingerprint density at radius 1 is 0.761 bits per heavy atom. The Bertz CT molecular complexity index is 2020. The second-order valence-electron chi connectivity index (χ2n) is 15.8. The summed E-state index contributed by atoms with van der Waals surface area (Å²) in [5, 5.41) is 22.1. The van der Waals surface area contributed by atoms with Gasteiger partial charge in [0, 0.05) is 100 Å². The monoisotopic (exact) mass is 958 g/mol. The standard InChI is InChI=1S/C45H67ClN10O11/c1-53(32-41(59)60)12-13-55(33-42(61)62)31-40(58)49-11-21-65-25-23-63-19-3-7-37(57)8-4-20-64-24-27-67-28-26-66-22-18-54-14-16-56(17-15-54)36-6-2-5-34(29-36)43-38-30-35(46)9-10-39(38)50-45(51-43)52-44(47)48/h2,5-6,9-10,29-30H,3-4,7-8,11-28,31-33H2,1H3,(H,49,58)(H,59,60)(H,61,62)(H4,47,48,50,51,52). The number of fused-ring (bicyclic) bond motifs is 1. The van der Waals surface area contributed by atoms with E-state index in [-0.39, 0.29) is 62.9 Å². The van der Waals surface area contributed by atoms with Gasteiger partial charge in [0.05, 0.1) is 83.7 Å². The van der Waals surface area contributed by atoms with Gasteiger partial charge in [-0.05, 0) is 50.2 Å². The molecule has 21 nitrogen and oxygen atoms in total. The lowest BCUT2D eigenvalue weighted by molar-refractivity contribution is -0.140. The number of anilines is 1. The largest absolute Gasteiger partial charge is 0.480 e. The number of hydrogen-bond donors (Lipinski definition) is 5. The summed E-state index contributed by atoms with van der Waals surface area (Å²) < 4.78 is 28.1. The molecule has 2 heterocycles. The zero-order valence-electron chi connectivity index (χ0n) is 38.5. The Labute approximate surface area is 396 Å². The van der Waals surface area contributed by atoms with Crippen molar-refractivity contribution in [3.63, 3.8) is 0 Å². The molecule has 0 radical (unpaired) electrons. The molecule has 67 heavy (non-hydrogen) atoms. The van der Waals surface area contributed by atoms with Gasteiger partial charge in [-0.3, -0.25) is 33.9 Å². The smallest absolute Gasteiger partial charge is 0.317 e. The fraction of sp³-hybridized carbons (Fsp3) is 0.578. The summed E-state index contributed by atoms with van der Waals surface area (Å²) in [7, 11) is 1.61. The third kappa shape index (κ3) is 22.5. The third-order valence-corrected chi connectivity index (χ3v) is 10.6. The lowest BCUT2D eigenvalue weighted by Crippen LogP contribution is -2.47. The number of aromatic nitrogens is 2. The first-order chi connectivity index (χ1) is 32.4. The van der Waals surface area contributed by atoms with Gasteiger partial charge in [0.25, 0.3) is 5.95 Å². The minimum absolute atomic E-state index is 0.115. The molecule has 22 heteroatoms. The molecule has 0 atom stereocenters. The van der Waals surface area contributed by atoms with Crippen molar-refractivity contribution in [3.8, 4) is 11.3 Å². The van der Waals surface area contributed by atoms with Crippen molar-refractivity contribution in [3.05, 3.63) is 47.5 Å². The fourth-order valence-corrected chi connectivity index (χ4v) is 7.20. The van der Waals surface area contributed by atoms with Gasteiger partial charge in [-0.15, -0.1) is 0 Å². The lowest BCUT2D eigenvalue weighted by Gasteiger charge is -2.36. The summed E-state index contributed by atoms with van der Waals surface area (Å²) in [6.45, 7) is 8.91. The first-order valence-corrected chi connectivity index (χ1v) is 22.9. The number of ether oxygens (including phenoxy) is 5. The van der Waals surface area contributed by atoms with Crippen molar-refractivity contribution in [1.29, 1.82) is 0 Å². The summed E-state index contributed by atoms with van der Waals surface area (Å²) in [5.41, 5.74) is 14.6. The van der Waals surface area contributed by atoms with Crippen LogP contribution in [0.3, 0.4) is 0 Å². The molecule has 1 fully saturated rings. The fourth-order valence-electron chi connectivity index (χ4n) is 7.03. The van der Waals surface area contributed by atoms with Crippen LogP contribution in [-0.2, 0) is 42.9 Å². The average molecular weight is 960 g/mol. The van der Waals surface area contributed by atoms with Crippen molar-refractivity contribution in [2.45, 2.75) is 25.7 Å². The van der Waals surface area contributed by atoms with Crippen LogP contribution in [0.15, 0.2) is 47.5 Å². The number of aliphatic imine (C=N–C) groups is 1. The van der Waals surface area contributed by atoms with Crippen LogP contribution >= 0.6 is 11.6 Å². The first kappa shape index (κ1) is 54.5. The van der Waals surface area contributed by atoms with E-state index in [0.717, 1.165) is 49.4 Å². The number of Topliss-reactive ketones (excluding diaryl/α,β-unsaturated/α-hetero) is 1. The van der Waals surface area contributed by atoms with Crippen LogP contribution in [0.4, 0.5) is 11.6 Å². The number of benzene rings is 2. The molecule has 0 aliphatic carbocycles. The number of halogens is 1. The molecule has 1 amide bonds. The summed E-state index contributed by atoms with van der Waals surface area (Å²) >= 11 is 6.34. The maximum Gasteiger partial charge on any atom is 0.317 e. The number of nitrogens with zero attached hydrogens (tertiary/aromatic N) is 7. The van der Waals surface area contributed by atoms with Gasteiger partial charge in [-0.1, -0.05) is 23.7 Å². The van der Waals surface area contributed by atoms with Gasteiger partial charge in [0.2, 0.25) is 5.91 Å². The van der Waals surface area contributed by atoms with E-state index >= 15 is 0 Å². The number of carbonyl (C=O) groups excluding carboxylic acids is 2. The van der Waals surface area contributed by atoms with Gasteiger partial charge in [-0.25, -0.2) is 9.97 Å². The Hall–Kier alpha value is -5.10. The van der Waals surface area contributed by atoms with E-state index in [1.807, 2.05) is 24.3 Å². The van der Waals surface area contributed by atoms with E-state index in [1.165, 1.54) is 9.80 Å². The number of ketones is 1. The average Bonchev–Trinajstić information content (AvgIpc) is 3.28. The van der Waals surface area contributed by atoms with Crippen LogP contribution in [0, 0.1) is 0 Å². The number of hydrogen-bond acceptors (Lipinski definition) is 16. The number of carboxylic acid groups (broad SMARTS) is 2. The minimum Gasteiger partial charge on any atom is -0.480 e. The molecule has 0 spiro atoms. The number of guanidine groups is 1. The number of amides is 1. The molecule has 1 aliphatic rings. The maximum atomic E-state index is 12.2.